The number of aryl methyl sites for hydroxylation is 1. The van der Waals surface area contributed by atoms with E-state index in [1.54, 1.807) is 11.3 Å². The van der Waals surface area contributed by atoms with Crippen LogP contribution in [0.4, 0.5) is 11.6 Å². The molecule has 0 unspecified atom stereocenters. The third-order valence-electron chi connectivity index (χ3n) is 4.95. The van der Waals surface area contributed by atoms with Gasteiger partial charge in [-0.1, -0.05) is 12.1 Å². The molecule has 0 aliphatic carbocycles. The zero-order valence-electron chi connectivity index (χ0n) is 18.3. The number of rotatable bonds is 8. The lowest BCUT2D eigenvalue weighted by molar-refractivity contribution is 0.261. The smallest absolute Gasteiger partial charge is 0.145 e. The van der Waals surface area contributed by atoms with Crippen LogP contribution in [0, 0.1) is 18.3 Å². The molecule has 4 aromatic rings. The fraction of sp³-hybridized carbons (Fsp3) is 0.250. The van der Waals surface area contributed by atoms with Gasteiger partial charge in [-0.3, -0.25) is 0 Å². The van der Waals surface area contributed by atoms with Crippen LogP contribution in [0.2, 0.25) is 0 Å². The van der Waals surface area contributed by atoms with E-state index < -0.39 is 0 Å². The van der Waals surface area contributed by atoms with Crippen LogP contribution in [0.25, 0.3) is 10.9 Å². The maximum atomic E-state index is 9.03. The molecule has 0 amide bonds. The number of benzene rings is 2. The second kappa shape index (κ2) is 9.73. The number of thiazole rings is 1. The van der Waals surface area contributed by atoms with Gasteiger partial charge in [0.25, 0.3) is 0 Å². The van der Waals surface area contributed by atoms with Crippen LogP contribution in [0.15, 0.2) is 48.0 Å². The molecule has 7 nitrogen and oxygen atoms in total. The summed E-state index contributed by atoms with van der Waals surface area (Å²) in [5.74, 6) is 2.97. The predicted molar refractivity (Wildman–Crippen MR) is 128 cm³/mol. The summed E-state index contributed by atoms with van der Waals surface area (Å²) in [5, 5.41) is 13.3. The van der Waals surface area contributed by atoms with Gasteiger partial charge >= 0.3 is 0 Å². The molecule has 32 heavy (non-hydrogen) atoms. The Morgan fingerprint density at radius 1 is 1.09 bits per heavy atom. The van der Waals surface area contributed by atoms with Crippen LogP contribution in [-0.2, 0) is 6.42 Å². The van der Waals surface area contributed by atoms with Crippen molar-refractivity contribution in [2.24, 2.45) is 0 Å². The van der Waals surface area contributed by atoms with Crippen LogP contribution >= 0.6 is 11.3 Å². The molecule has 0 bridgehead atoms. The van der Waals surface area contributed by atoms with E-state index in [2.05, 4.69) is 21.3 Å². The summed E-state index contributed by atoms with van der Waals surface area (Å²) in [4.78, 5) is 17.2. The zero-order chi connectivity index (χ0) is 22.5. The average Bonchev–Trinajstić information content (AvgIpc) is 3.18. The number of hydrogen-bond acceptors (Lipinski definition) is 8. The van der Waals surface area contributed by atoms with Crippen LogP contribution in [0.5, 0.6) is 5.75 Å². The van der Waals surface area contributed by atoms with Crippen molar-refractivity contribution in [1.29, 1.82) is 5.26 Å². The highest BCUT2D eigenvalue weighted by atomic mass is 32.1. The number of nitrogens with zero attached hydrogens (tertiary/aromatic N) is 5. The number of fused-ring (bicyclic) bond motifs is 1. The fourth-order valence-corrected chi connectivity index (χ4v) is 3.72. The summed E-state index contributed by atoms with van der Waals surface area (Å²) in [7, 11) is 4.04. The van der Waals surface area contributed by atoms with Gasteiger partial charge in [0.2, 0.25) is 0 Å². The molecule has 4 rings (SSSR count). The normalized spacial score (nSPS) is 11.0. The third kappa shape index (κ3) is 5.19. The number of ether oxygens (including phenoxy) is 1. The van der Waals surface area contributed by atoms with Crippen LogP contribution < -0.4 is 10.1 Å². The Kier molecular flexibility index (Phi) is 6.59. The molecule has 162 valence electrons. The quantitative estimate of drug-likeness (QED) is 0.427. The second-order valence-electron chi connectivity index (χ2n) is 7.69. The highest BCUT2D eigenvalue weighted by Crippen LogP contribution is 2.29. The number of nitrogens with one attached hydrogen (secondary N) is 1. The van der Waals surface area contributed by atoms with Gasteiger partial charge in [-0.2, -0.15) is 5.26 Å². The van der Waals surface area contributed by atoms with Gasteiger partial charge in [0, 0.05) is 29.3 Å². The lowest BCUT2D eigenvalue weighted by atomic mass is 10.1. The largest absolute Gasteiger partial charge is 0.492 e. The van der Waals surface area contributed by atoms with E-state index in [-0.39, 0.29) is 0 Å². The summed E-state index contributed by atoms with van der Waals surface area (Å²) in [5.41, 5.74) is 4.29. The molecule has 8 heteroatoms. The predicted octanol–water partition coefficient (Wildman–Crippen LogP) is 4.54. The van der Waals surface area contributed by atoms with Crippen molar-refractivity contribution in [2.75, 3.05) is 32.6 Å². The van der Waals surface area contributed by atoms with Crippen molar-refractivity contribution in [2.45, 2.75) is 13.3 Å². The maximum absolute atomic E-state index is 9.03. The molecule has 2 aromatic heterocycles. The fourth-order valence-electron chi connectivity index (χ4n) is 3.18. The molecule has 0 aliphatic heterocycles. The molecule has 1 N–H and O–H groups in total. The molecule has 2 heterocycles. The van der Waals surface area contributed by atoms with Gasteiger partial charge in [-0.05, 0) is 50.8 Å². The Labute approximate surface area is 191 Å². The number of hydrogen-bond donors (Lipinski definition) is 1. The number of nitriles is 1. The van der Waals surface area contributed by atoms with Gasteiger partial charge in [0.1, 0.15) is 29.8 Å². The Hall–Kier alpha value is -3.54. The Morgan fingerprint density at radius 2 is 1.91 bits per heavy atom. The molecule has 0 spiro atoms. The van der Waals surface area contributed by atoms with Gasteiger partial charge in [0.15, 0.2) is 0 Å². The van der Waals surface area contributed by atoms with E-state index in [9.17, 15) is 0 Å². The summed E-state index contributed by atoms with van der Waals surface area (Å²) in [6.45, 7) is 3.46. The van der Waals surface area contributed by atoms with E-state index in [1.165, 1.54) is 0 Å². The SMILES string of the molecule is Cc1scnc1Nc1nc(Cc2ccc(C#N)cc2)nc2cc(OCCN(C)C)ccc12. The van der Waals surface area contributed by atoms with Crippen molar-refractivity contribution in [3.05, 3.63) is 69.8 Å². The van der Waals surface area contributed by atoms with Crippen molar-refractivity contribution >= 4 is 33.9 Å². The first-order chi connectivity index (χ1) is 15.5. The van der Waals surface area contributed by atoms with E-state index in [1.807, 2.05) is 69.0 Å². The van der Waals surface area contributed by atoms with Gasteiger partial charge < -0.3 is 15.0 Å². The first-order valence-corrected chi connectivity index (χ1v) is 11.1. The highest BCUT2D eigenvalue weighted by Gasteiger charge is 2.12. The summed E-state index contributed by atoms with van der Waals surface area (Å²) >= 11 is 1.59. The summed E-state index contributed by atoms with van der Waals surface area (Å²) in [6, 6.07) is 15.5. The first-order valence-electron chi connectivity index (χ1n) is 10.3. The van der Waals surface area contributed by atoms with Gasteiger partial charge in [-0.15, -0.1) is 11.3 Å². The monoisotopic (exact) mass is 444 g/mol. The molecule has 0 atom stereocenters. The topological polar surface area (TPSA) is 87.0 Å². The molecule has 2 aromatic carbocycles. The first kappa shape index (κ1) is 21.7. The van der Waals surface area contributed by atoms with Crippen molar-refractivity contribution in [3.63, 3.8) is 0 Å². The average molecular weight is 445 g/mol. The minimum atomic E-state index is 0.554. The number of aromatic nitrogens is 3. The third-order valence-corrected chi connectivity index (χ3v) is 5.71. The van der Waals surface area contributed by atoms with Crippen LogP contribution in [-0.4, -0.2) is 47.1 Å². The second-order valence-corrected chi connectivity index (χ2v) is 8.75. The molecule has 0 fully saturated rings. The van der Waals surface area contributed by atoms with E-state index >= 15 is 0 Å². The number of likely N-dealkylation sites (N-methyl/N-ethyl adjacent to an activating group) is 1. The zero-order valence-corrected chi connectivity index (χ0v) is 19.1. The standard InChI is InChI=1S/C24H24N6OS/c1-16-23(26-15-32-16)29-24-20-9-8-19(31-11-10-30(2)3)13-21(20)27-22(28-24)12-17-4-6-18(14-25)7-5-17/h4-9,13,15H,10-12H2,1-3H3,(H,27,28,29). The van der Waals surface area contributed by atoms with Gasteiger partial charge in [0.05, 0.1) is 22.7 Å². The molecule has 0 saturated heterocycles. The Morgan fingerprint density at radius 3 is 2.59 bits per heavy atom. The Balaban J connectivity index is 1.69. The lowest BCUT2D eigenvalue weighted by Crippen LogP contribution is -2.19. The van der Waals surface area contributed by atoms with Gasteiger partial charge in [-0.25, -0.2) is 15.0 Å². The lowest BCUT2D eigenvalue weighted by Gasteiger charge is -2.13. The Bertz CT molecular complexity index is 1260. The molecule has 0 saturated carbocycles. The minimum absolute atomic E-state index is 0.554. The van der Waals surface area contributed by atoms with Crippen molar-refractivity contribution in [1.82, 2.24) is 19.9 Å². The summed E-state index contributed by atoms with van der Waals surface area (Å²) < 4.78 is 5.91. The summed E-state index contributed by atoms with van der Waals surface area (Å²) in [6.07, 6.45) is 0.554. The van der Waals surface area contributed by atoms with Crippen LogP contribution in [0.1, 0.15) is 21.8 Å². The molecule has 0 radical (unpaired) electrons. The van der Waals surface area contributed by atoms with E-state index in [0.717, 1.165) is 39.5 Å². The van der Waals surface area contributed by atoms with E-state index in [4.69, 9.17) is 20.0 Å². The molecule has 0 aliphatic rings. The number of anilines is 2. The van der Waals surface area contributed by atoms with Crippen molar-refractivity contribution < 1.29 is 4.74 Å². The van der Waals surface area contributed by atoms with Crippen molar-refractivity contribution in [3.8, 4) is 11.8 Å². The highest BCUT2D eigenvalue weighted by molar-refractivity contribution is 7.10. The van der Waals surface area contributed by atoms with E-state index in [0.29, 0.717) is 30.2 Å². The minimum Gasteiger partial charge on any atom is -0.492 e. The molecular weight excluding hydrogens is 420 g/mol. The maximum Gasteiger partial charge on any atom is 0.145 e. The molecular formula is C24H24N6OS. The van der Waals surface area contributed by atoms with Crippen LogP contribution in [0.3, 0.4) is 0 Å².